The molecule has 0 unspecified atom stereocenters. The first-order valence-electron chi connectivity index (χ1n) is 13.4. The number of halogens is 3. The maximum Gasteiger partial charge on any atom is 0.418 e. The lowest BCUT2D eigenvalue weighted by molar-refractivity contribution is -0.136. The van der Waals surface area contributed by atoms with Gasteiger partial charge in [0.05, 0.1) is 16.0 Å². The molecular formula is C35H30F3NS. The maximum absolute atomic E-state index is 14.4. The fourth-order valence-electron chi connectivity index (χ4n) is 6.03. The van der Waals surface area contributed by atoms with Gasteiger partial charge in [-0.15, -0.1) is 11.3 Å². The van der Waals surface area contributed by atoms with E-state index in [1.165, 1.54) is 11.3 Å². The van der Waals surface area contributed by atoms with Crippen LogP contribution in [0.25, 0.3) is 53.3 Å². The van der Waals surface area contributed by atoms with Crippen molar-refractivity contribution in [1.82, 2.24) is 4.98 Å². The zero-order chi connectivity index (χ0) is 28.6. The Morgan fingerprint density at radius 3 is 2.00 bits per heavy atom. The Morgan fingerprint density at radius 1 is 0.725 bits per heavy atom. The van der Waals surface area contributed by atoms with Crippen molar-refractivity contribution in [2.24, 2.45) is 0 Å². The number of aromatic nitrogens is 1. The van der Waals surface area contributed by atoms with E-state index in [0.717, 1.165) is 60.4 Å². The third-order valence-corrected chi connectivity index (χ3v) is 9.25. The standard InChI is InChI=1S/C35H30F3NS/c1-19-15-22-11-7-9-13-25(22)20(2)29(19)32-21(3)30-28(35(36,37)38)18-39-31(33(30)40-32)24-16-23-12-8-10-14-26(23)27(17-24)34(4,5)6/h7-18H,1-6H3. The first-order chi connectivity index (χ1) is 18.9. The number of alkyl halides is 3. The third-order valence-electron chi connectivity index (χ3n) is 7.94. The van der Waals surface area contributed by atoms with Gasteiger partial charge in [-0.25, -0.2) is 0 Å². The summed E-state index contributed by atoms with van der Waals surface area (Å²) in [6.45, 7) is 12.4. The molecule has 0 N–H and O–H groups in total. The van der Waals surface area contributed by atoms with Crippen LogP contribution in [-0.2, 0) is 11.6 Å². The molecular weight excluding hydrogens is 523 g/mol. The van der Waals surface area contributed by atoms with Crippen LogP contribution in [0.4, 0.5) is 13.2 Å². The molecule has 202 valence electrons. The van der Waals surface area contributed by atoms with Gasteiger partial charge < -0.3 is 0 Å². The van der Waals surface area contributed by atoms with Crippen LogP contribution in [0.3, 0.4) is 0 Å². The van der Waals surface area contributed by atoms with E-state index in [-0.39, 0.29) is 10.8 Å². The highest BCUT2D eigenvalue weighted by Crippen LogP contribution is 2.49. The second-order valence-electron chi connectivity index (χ2n) is 11.7. The summed E-state index contributed by atoms with van der Waals surface area (Å²) in [4.78, 5) is 5.37. The lowest BCUT2D eigenvalue weighted by atomic mass is 9.82. The summed E-state index contributed by atoms with van der Waals surface area (Å²) in [5.74, 6) is 0. The number of aryl methyl sites for hydroxylation is 3. The number of fused-ring (bicyclic) bond motifs is 3. The van der Waals surface area contributed by atoms with E-state index >= 15 is 0 Å². The van der Waals surface area contributed by atoms with E-state index < -0.39 is 11.7 Å². The number of hydrogen-bond donors (Lipinski definition) is 0. The van der Waals surface area contributed by atoms with Gasteiger partial charge in [-0.2, -0.15) is 13.2 Å². The Balaban J connectivity index is 1.71. The zero-order valence-electron chi connectivity index (χ0n) is 23.4. The molecule has 4 aromatic carbocycles. The molecule has 6 rings (SSSR count). The summed E-state index contributed by atoms with van der Waals surface area (Å²) >= 11 is 1.42. The number of hydrogen-bond acceptors (Lipinski definition) is 2. The smallest absolute Gasteiger partial charge is 0.254 e. The van der Waals surface area contributed by atoms with E-state index in [9.17, 15) is 13.2 Å². The minimum Gasteiger partial charge on any atom is -0.254 e. The normalized spacial score (nSPS) is 12.6. The predicted octanol–water partition coefficient (Wildman–Crippen LogP) is 11.2. The highest BCUT2D eigenvalue weighted by atomic mass is 32.1. The first-order valence-corrected chi connectivity index (χ1v) is 14.2. The molecule has 0 atom stereocenters. The Kier molecular flexibility index (Phi) is 6.08. The number of benzene rings is 4. The van der Waals surface area contributed by atoms with Crippen molar-refractivity contribution in [3.8, 4) is 21.7 Å². The molecule has 0 bridgehead atoms. The molecule has 2 aromatic heterocycles. The second kappa shape index (κ2) is 9.17. The van der Waals surface area contributed by atoms with Crippen molar-refractivity contribution in [2.45, 2.75) is 53.1 Å². The van der Waals surface area contributed by atoms with E-state index in [0.29, 0.717) is 16.0 Å². The van der Waals surface area contributed by atoms with Gasteiger partial charge in [0.25, 0.3) is 0 Å². The van der Waals surface area contributed by atoms with Crippen molar-refractivity contribution in [2.75, 3.05) is 0 Å². The third kappa shape index (κ3) is 4.19. The van der Waals surface area contributed by atoms with E-state index in [1.54, 1.807) is 0 Å². The molecule has 0 aliphatic carbocycles. The van der Waals surface area contributed by atoms with Gasteiger partial charge in [-0.05, 0) is 87.7 Å². The molecule has 0 spiro atoms. The van der Waals surface area contributed by atoms with Gasteiger partial charge in [-0.3, -0.25) is 4.98 Å². The number of nitrogens with zero attached hydrogens (tertiary/aromatic N) is 1. The van der Waals surface area contributed by atoms with E-state index in [2.05, 4.69) is 75.1 Å². The monoisotopic (exact) mass is 553 g/mol. The quantitative estimate of drug-likeness (QED) is 0.208. The van der Waals surface area contributed by atoms with Crippen LogP contribution in [0, 0.1) is 20.8 Å². The Hall–Kier alpha value is -3.70. The van der Waals surface area contributed by atoms with Crippen LogP contribution < -0.4 is 0 Å². The lowest BCUT2D eigenvalue weighted by Gasteiger charge is -2.23. The van der Waals surface area contributed by atoms with Crippen LogP contribution in [0.15, 0.2) is 72.9 Å². The van der Waals surface area contributed by atoms with E-state index in [1.807, 2.05) is 38.1 Å². The molecule has 0 saturated heterocycles. The van der Waals surface area contributed by atoms with Crippen molar-refractivity contribution < 1.29 is 13.2 Å². The Morgan fingerprint density at radius 2 is 1.35 bits per heavy atom. The van der Waals surface area contributed by atoms with Crippen molar-refractivity contribution in [3.05, 3.63) is 101 Å². The number of rotatable bonds is 2. The summed E-state index contributed by atoms with van der Waals surface area (Å²) in [5.41, 5.74) is 5.51. The summed E-state index contributed by atoms with van der Waals surface area (Å²) in [6.07, 6.45) is -3.49. The summed E-state index contributed by atoms with van der Waals surface area (Å²) < 4.78 is 43.8. The summed E-state index contributed by atoms with van der Waals surface area (Å²) in [7, 11) is 0. The van der Waals surface area contributed by atoms with Gasteiger partial charge >= 0.3 is 6.18 Å². The van der Waals surface area contributed by atoms with Gasteiger partial charge in [0, 0.05) is 22.0 Å². The first kappa shape index (κ1) is 26.5. The fourth-order valence-corrected chi connectivity index (χ4v) is 7.54. The summed E-state index contributed by atoms with van der Waals surface area (Å²) in [6, 6.07) is 22.6. The second-order valence-corrected chi connectivity index (χ2v) is 12.7. The van der Waals surface area contributed by atoms with Crippen molar-refractivity contribution in [1.29, 1.82) is 0 Å². The number of thiophene rings is 1. The van der Waals surface area contributed by atoms with Crippen LogP contribution in [-0.4, -0.2) is 4.98 Å². The predicted molar refractivity (Wildman–Crippen MR) is 163 cm³/mol. The largest absolute Gasteiger partial charge is 0.418 e. The molecule has 5 heteroatoms. The molecule has 1 nitrogen and oxygen atoms in total. The topological polar surface area (TPSA) is 12.9 Å². The average molecular weight is 554 g/mol. The number of pyridine rings is 1. The maximum atomic E-state index is 14.4. The van der Waals surface area contributed by atoms with Crippen LogP contribution >= 0.6 is 11.3 Å². The van der Waals surface area contributed by atoms with Gasteiger partial charge in [0.2, 0.25) is 0 Å². The highest BCUT2D eigenvalue weighted by Gasteiger charge is 2.36. The molecule has 0 amide bonds. The SMILES string of the molecule is Cc1cc2ccccc2c(C)c1-c1sc2c(-c3cc(C(C)(C)C)c4ccccc4c3)ncc(C(F)(F)F)c2c1C. The molecule has 6 aromatic rings. The minimum atomic E-state index is -4.51. The van der Waals surface area contributed by atoms with Gasteiger partial charge in [-0.1, -0.05) is 75.4 Å². The Labute approximate surface area is 236 Å². The lowest BCUT2D eigenvalue weighted by Crippen LogP contribution is -2.12. The summed E-state index contributed by atoms with van der Waals surface area (Å²) in [5, 5.41) is 4.68. The molecule has 0 radical (unpaired) electrons. The van der Waals surface area contributed by atoms with Crippen LogP contribution in [0.1, 0.15) is 48.6 Å². The average Bonchev–Trinajstić information content (AvgIpc) is 3.23. The molecule has 0 aliphatic rings. The minimum absolute atomic E-state index is 0.156. The van der Waals surface area contributed by atoms with Crippen LogP contribution in [0.5, 0.6) is 0 Å². The molecule has 0 aliphatic heterocycles. The molecule has 40 heavy (non-hydrogen) atoms. The fraction of sp³-hybridized carbons (Fsp3) is 0.229. The van der Waals surface area contributed by atoms with Gasteiger partial charge in [0.15, 0.2) is 0 Å². The molecule has 0 fully saturated rings. The molecule has 0 saturated carbocycles. The van der Waals surface area contributed by atoms with Crippen LogP contribution in [0.2, 0.25) is 0 Å². The van der Waals surface area contributed by atoms with Gasteiger partial charge in [0.1, 0.15) is 0 Å². The molecule has 2 heterocycles. The zero-order valence-corrected chi connectivity index (χ0v) is 24.2. The van der Waals surface area contributed by atoms with E-state index in [4.69, 9.17) is 0 Å². The van der Waals surface area contributed by atoms with Crippen molar-refractivity contribution >= 4 is 43.0 Å². The Bertz CT molecular complexity index is 1950. The van der Waals surface area contributed by atoms with Crippen molar-refractivity contribution in [3.63, 3.8) is 0 Å². The highest BCUT2D eigenvalue weighted by molar-refractivity contribution is 7.23.